The second-order valence-corrected chi connectivity index (χ2v) is 6.61. The van der Waals surface area contributed by atoms with Gasteiger partial charge < -0.3 is 15.2 Å². The fourth-order valence-corrected chi connectivity index (χ4v) is 2.75. The van der Waals surface area contributed by atoms with E-state index in [1.807, 2.05) is 57.4 Å². The molecule has 0 fully saturated rings. The first-order valence-corrected chi connectivity index (χ1v) is 8.73. The summed E-state index contributed by atoms with van der Waals surface area (Å²) in [6.07, 6.45) is 0. The molecule has 1 unspecified atom stereocenters. The van der Waals surface area contributed by atoms with Gasteiger partial charge in [-0.1, -0.05) is 54.5 Å². The Hall–Kier alpha value is -3.15. The Kier molecular flexibility index (Phi) is 5.54. The summed E-state index contributed by atoms with van der Waals surface area (Å²) in [5, 5.41) is 4.01. The SMILES string of the molecule is CC(c1cc(CN=C(N)N(C)C)no1)c1ccc(-c2ccccc2)cc1F. The van der Waals surface area contributed by atoms with Crippen LogP contribution in [0.25, 0.3) is 11.1 Å². The van der Waals surface area contributed by atoms with E-state index in [4.69, 9.17) is 10.3 Å². The van der Waals surface area contributed by atoms with E-state index in [-0.39, 0.29) is 11.7 Å². The van der Waals surface area contributed by atoms with Gasteiger partial charge in [0.15, 0.2) is 5.96 Å². The van der Waals surface area contributed by atoms with Gasteiger partial charge in [0.1, 0.15) is 17.3 Å². The third-order valence-corrected chi connectivity index (χ3v) is 4.44. The molecule has 3 aromatic rings. The predicted octanol–water partition coefficient (Wildman–Crippen LogP) is 4.01. The fourth-order valence-electron chi connectivity index (χ4n) is 2.75. The van der Waals surface area contributed by atoms with Crippen molar-refractivity contribution in [2.24, 2.45) is 10.7 Å². The zero-order chi connectivity index (χ0) is 19.4. The van der Waals surface area contributed by atoms with Gasteiger partial charge in [-0.15, -0.1) is 0 Å². The summed E-state index contributed by atoms with van der Waals surface area (Å²) in [6, 6.07) is 16.8. The van der Waals surface area contributed by atoms with Gasteiger partial charge in [0.05, 0.1) is 6.54 Å². The van der Waals surface area contributed by atoms with E-state index in [1.165, 1.54) is 0 Å². The summed E-state index contributed by atoms with van der Waals surface area (Å²) in [6.45, 7) is 2.21. The highest BCUT2D eigenvalue weighted by atomic mass is 19.1. The minimum Gasteiger partial charge on any atom is -0.370 e. The lowest BCUT2D eigenvalue weighted by molar-refractivity contribution is 0.368. The van der Waals surface area contributed by atoms with Crippen molar-refractivity contribution in [3.05, 3.63) is 77.4 Å². The number of hydrogen-bond acceptors (Lipinski definition) is 3. The molecule has 0 radical (unpaired) electrons. The van der Waals surface area contributed by atoms with Gasteiger partial charge in [0.25, 0.3) is 0 Å². The van der Waals surface area contributed by atoms with Gasteiger partial charge in [-0.25, -0.2) is 9.38 Å². The third kappa shape index (κ3) is 4.34. The van der Waals surface area contributed by atoms with E-state index >= 15 is 0 Å². The van der Waals surface area contributed by atoms with Crippen LogP contribution in [0.1, 0.15) is 29.9 Å². The Morgan fingerprint density at radius 3 is 2.56 bits per heavy atom. The fraction of sp³-hybridized carbons (Fsp3) is 0.238. The Labute approximate surface area is 158 Å². The molecule has 0 amide bonds. The maximum atomic E-state index is 14.7. The lowest BCUT2D eigenvalue weighted by Gasteiger charge is -2.11. The van der Waals surface area contributed by atoms with Crippen molar-refractivity contribution in [1.29, 1.82) is 0 Å². The van der Waals surface area contributed by atoms with E-state index < -0.39 is 0 Å². The summed E-state index contributed by atoms with van der Waals surface area (Å²) < 4.78 is 20.1. The number of halogens is 1. The van der Waals surface area contributed by atoms with Gasteiger partial charge in [0.2, 0.25) is 0 Å². The number of aliphatic imine (C=N–C) groups is 1. The molecule has 0 aliphatic heterocycles. The van der Waals surface area contributed by atoms with Crippen molar-refractivity contribution < 1.29 is 8.91 Å². The van der Waals surface area contributed by atoms with Crippen LogP contribution in [0.2, 0.25) is 0 Å². The molecule has 6 heteroatoms. The maximum Gasteiger partial charge on any atom is 0.191 e. The second kappa shape index (κ2) is 8.03. The van der Waals surface area contributed by atoms with Crippen LogP contribution in [0.15, 0.2) is 64.1 Å². The zero-order valence-electron chi connectivity index (χ0n) is 15.7. The van der Waals surface area contributed by atoms with Crippen molar-refractivity contribution >= 4 is 5.96 Å². The number of benzene rings is 2. The molecule has 2 N–H and O–H groups in total. The topological polar surface area (TPSA) is 67.7 Å². The van der Waals surface area contributed by atoms with Gasteiger partial charge in [-0.2, -0.15) is 0 Å². The van der Waals surface area contributed by atoms with E-state index in [2.05, 4.69) is 10.1 Å². The highest BCUT2D eigenvalue weighted by Gasteiger charge is 2.18. The van der Waals surface area contributed by atoms with Crippen LogP contribution in [0.5, 0.6) is 0 Å². The molecule has 1 atom stereocenters. The lowest BCUT2D eigenvalue weighted by atomic mass is 9.95. The molecule has 0 bridgehead atoms. The Morgan fingerprint density at radius 1 is 1.15 bits per heavy atom. The van der Waals surface area contributed by atoms with Gasteiger partial charge >= 0.3 is 0 Å². The molecule has 140 valence electrons. The molecule has 1 aromatic heterocycles. The second-order valence-electron chi connectivity index (χ2n) is 6.61. The smallest absolute Gasteiger partial charge is 0.191 e. The van der Waals surface area contributed by atoms with E-state index in [0.717, 1.165) is 11.1 Å². The molecule has 5 nitrogen and oxygen atoms in total. The monoisotopic (exact) mass is 366 g/mol. The summed E-state index contributed by atoms with van der Waals surface area (Å²) in [5.41, 5.74) is 8.81. The zero-order valence-corrected chi connectivity index (χ0v) is 15.7. The van der Waals surface area contributed by atoms with Crippen molar-refractivity contribution in [2.75, 3.05) is 14.1 Å². The maximum absolute atomic E-state index is 14.7. The van der Waals surface area contributed by atoms with Crippen molar-refractivity contribution in [3.63, 3.8) is 0 Å². The Balaban J connectivity index is 1.78. The van der Waals surface area contributed by atoms with Crippen LogP contribution >= 0.6 is 0 Å². The number of nitrogens with two attached hydrogens (primary N) is 1. The van der Waals surface area contributed by atoms with Crippen molar-refractivity contribution in [1.82, 2.24) is 10.1 Å². The molecular formula is C21H23FN4O. The van der Waals surface area contributed by atoms with Gasteiger partial charge in [-0.3, -0.25) is 0 Å². The van der Waals surface area contributed by atoms with Crippen LogP contribution in [0.4, 0.5) is 4.39 Å². The summed E-state index contributed by atoms with van der Waals surface area (Å²) >= 11 is 0. The first kappa shape index (κ1) is 18.6. The molecule has 0 saturated heterocycles. The minimum absolute atomic E-state index is 0.258. The minimum atomic E-state index is -0.267. The number of aromatic nitrogens is 1. The Morgan fingerprint density at radius 2 is 1.89 bits per heavy atom. The molecule has 3 rings (SSSR count). The number of rotatable bonds is 5. The number of nitrogens with zero attached hydrogens (tertiary/aromatic N) is 3. The van der Waals surface area contributed by atoms with Crippen molar-refractivity contribution in [2.45, 2.75) is 19.4 Å². The Bertz CT molecular complexity index is 934. The van der Waals surface area contributed by atoms with Gasteiger partial charge in [-0.05, 0) is 22.8 Å². The molecule has 0 saturated carbocycles. The van der Waals surface area contributed by atoms with Crippen molar-refractivity contribution in [3.8, 4) is 11.1 Å². The third-order valence-electron chi connectivity index (χ3n) is 4.44. The number of hydrogen-bond donors (Lipinski definition) is 1. The highest BCUT2D eigenvalue weighted by molar-refractivity contribution is 5.77. The van der Waals surface area contributed by atoms with E-state index in [9.17, 15) is 4.39 Å². The molecule has 0 spiro atoms. The normalized spacial score (nSPS) is 12.8. The van der Waals surface area contributed by atoms with Gasteiger partial charge in [0, 0.05) is 26.1 Å². The van der Waals surface area contributed by atoms with E-state index in [0.29, 0.717) is 29.5 Å². The largest absolute Gasteiger partial charge is 0.370 e. The first-order chi connectivity index (χ1) is 13.0. The summed E-state index contributed by atoms with van der Waals surface area (Å²) in [7, 11) is 3.63. The summed E-state index contributed by atoms with van der Waals surface area (Å²) in [5.74, 6) is 0.480. The average molecular weight is 366 g/mol. The first-order valence-electron chi connectivity index (χ1n) is 8.73. The van der Waals surface area contributed by atoms with Crippen LogP contribution in [0.3, 0.4) is 0 Å². The number of guanidine groups is 1. The lowest BCUT2D eigenvalue weighted by Crippen LogP contribution is -2.30. The predicted molar refractivity (Wildman–Crippen MR) is 105 cm³/mol. The molecule has 0 aliphatic carbocycles. The molecule has 1 heterocycles. The molecule has 2 aromatic carbocycles. The van der Waals surface area contributed by atoms with Crippen LogP contribution < -0.4 is 5.73 Å². The quantitative estimate of drug-likeness (QED) is 0.547. The molecular weight excluding hydrogens is 343 g/mol. The standard InChI is InChI=1S/C21H23FN4O/c1-14(20-12-17(25-27-20)13-24-21(23)26(2)3)18-10-9-16(11-19(18)22)15-7-5-4-6-8-15/h4-12,14H,13H2,1-3H3,(H2,23,24). The van der Waals surface area contributed by atoms with Crippen LogP contribution in [0, 0.1) is 5.82 Å². The van der Waals surface area contributed by atoms with Crippen LogP contribution in [-0.2, 0) is 6.54 Å². The molecule has 0 aliphatic rings. The molecule has 27 heavy (non-hydrogen) atoms. The summed E-state index contributed by atoms with van der Waals surface area (Å²) in [4.78, 5) is 5.94. The van der Waals surface area contributed by atoms with E-state index in [1.54, 1.807) is 23.1 Å². The average Bonchev–Trinajstić information content (AvgIpc) is 3.15. The highest BCUT2D eigenvalue weighted by Crippen LogP contribution is 2.30. The van der Waals surface area contributed by atoms with Crippen LogP contribution in [-0.4, -0.2) is 30.1 Å².